The van der Waals surface area contributed by atoms with Crippen molar-refractivity contribution in [3.63, 3.8) is 0 Å². The van der Waals surface area contributed by atoms with E-state index in [-0.39, 0.29) is 29.8 Å². The number of likely N-dealkylation sites (tertiary alicyclic amines) is 1. The van der Waals surface area contributed by atoms with Crippen LogP contribution in [-0.4, -0.2) is 47.3 Å². The fourth-order valence-corrected chi connectivity index (χ4v) is 3.11. The Bertz CT molecular complexity index is 821. The summed E-state index contributed by atoms with van der Waals surface area (Å²) in [5.74, 6) is -0.319. The number of carbonyl (C=O) groups is 2. The number of anilines is 1. The van der Waals surface area contributed by atoms with E-state index in [0.29, 0.717) is 25.2 Å². The van der Waals surface area contributed by atoms with E-state index < -0.39 is 11.0 Å². The minimum atomic E-state index is -0.534. The molecule has 0 spiro atoms. The maximum Gasteiger partial charge on any atom is 0.292 e. The Balaban J connectivity index is 1.51. The van der Waals surface area contributed by atoms with Crippen molar-refractivity contribution >= 4 is 23.2 Å². The third-order valence-electron chi connectivity index (χ3n) is 4.39. The molecule has 0 bridgehead atoms. The van der Waals surface area contributed by atoms with Gasteiger partial charge in [-0.3, -0.25) is 19.7 Å². The van der Waals surface area contributed by atoms with Crippen molar-refractivity contribution in [2.75, 3.05) is 25.0 Å². The van der Waals surface area contributed by atoms with Gasteiger partial charge in [-0.15, -0.1) is 0 Å². The number of nitro groups is 1. The van der Waals surface area contributed by atoms with Gasteiger partial charge in [-0.1, -0.05) is 12.1 Å². The standard InChI is InChI=1S/C18H20N4O5/c23-17(15-7-3-11-21(15)18(24)16-8-4-12-27-16)20-10-9-19-13-5-1-2-6-14(13)22(25)26/h1-2,4-6,8,12,15,19H,3,7,9-11H2,(H,20,23)/t15-/m1/s1. The molecule has 1 fully saturated rings. The fraction of sp³-hybridized carbons (Fsp3) is 0.333. The summed E-state index contributed by atoms with van der Waals surface area (Å²) in [6, 6.07) is 8.99. The number of nitrogens with one attached hydrogen (secondary N) is 2. The molecule has 3 rings (SSSR count). The highest BCUT2D eigenvalue weighted by Crippen LogP contribution is 2.23. The summed E-state index contributed by atoms with van der Waals surface area (Å²) >= 11 is 0. The second-order valence-electron chi connectivity index (χ2n) is 6.13. The van der Waals surface area contributed by atoms with E-state index in [1.165, 1.54) is 17.2 Å². The van der Waals surface area contributed by atoms with E-state index in [1.807, 2.05) is 0 Å². The number of carbonyl (C=O) groups excluding carboxylic acids is 2. The molecule has 0 aliphatic carbocycles. The van der Waals surface area contributed by atoms with Gasteiger partial charge >= 0.3 is 0 Å². The van der Waals surface area contributed by atoms with Crippen LogP contribution in [-0.2, 0) is 4.79 Å². The van der Waals surface area contributed by atoms with Gasteiger partial charge in [-0.2, -0.15) is 0 Å². The SMILES string of the molecule is O=C(NCCNc1ccccc1[N+](=O)[O-])[C@H]1CCCN1C(=O)c1ccco1. The Morgan fingerprint density at radius 2 is 2.04 bits per heavy atom. The van der Waals surface area contributed by atoms with Gasteiger partial charge in [0.15, 0.2) is 5.76 Å². The van der Waals surface area contributed by atoms with Gasteiger partial charge in [0.05, 0.1) is 11.2 Å². The predicted molar refractivity (Wildman–Crippen MR) is 97.4 cm³/mol. The van der Waals surface area contributed by atoms with Crippen LogP contribution in [0.1, 0.15) is 23.4 Å². The van der Waals surface area contributed by atoms with Crippen molar-refractivity contribution in [3.8, 4) is 0 Å². The Labute approximate surface area is 155 Å². The Morgan fingerprint density at radius 1 is 1.22 bits per heavy atom. The normalized spacial score (nSPS) is 16.1. The van der Waals surface area contributed by atoms with Crippen LogP contribution in [0.2, 0.25) is 0 Å². The minimum Gasteiger partial charge on any atom is -0.459 e. The number of benzene rings is 1. The molecule has 27 heavy (non-hydrogen) atoms. The Hall–Kier alpha value is -3.36. The van der Waals surface area contributed by atoms with Crippen molar-refractivity contribution < 1.29 is 18.9 Å². The molecule has 1 saturated heterocycles. The van der Waals surface area contributed by atoms with Crippen LogP contribution in [0, 0.1) is 10.1 Å². The first-order chi connectivity index (χ1) is 13.1. The molecule has 2 aromatic rings. The van der Waals surface area contributed by atoms with E-state index in [1.54, 1.807) is 30.3 Å². The van der Waals surface area contributed by atoms with Crippen molar-refractivity contribution in [1.82, 2.24) is 10.2 Å². The van der Waals surface area contributed by atoms with Gasteiger partial charge < -0.3 is 20.0 Å². The van der Waals surface area contributed by atoms with Crippen LogP contribution < -0.4 is 10.6 Å². The number of nitrogens with zero attached hydrogens (tertiary/aromatic N) is 2. The average molecular weight is 372 g/mol. The molecule has 2 N–H and O–H groups in total. The molecule has 142 valence electrons. The summed E-state index contributed by atoms with van der Waals surface area (Å²) in [7, 11) is 0. The number of amides is 2. The molecule has 9 heteroatoms. The zero-order valence-corrected chi connectivity index (χ0v) is 14.6. The number of hydrogen-bond acceptors (Lipinski definition) is 6. The number of furan rings is 1. The highest BCUT2D eigenvalue weighted by atomic mass is 16.6. The van der Waals surface area contributed by atoms with Crippen LogP contribution in [0.5, 0.6) is 0 Å². The van der Waals surface area contributed by atoms with Crippen molar-refractivity contribution in [3.05, 3.63) is 58.5 Å². The fourth-order valence-electron chi connectivity index (χ4n) is 3.11. The second-order valence-corrected chi connectivity index (χ2v) is 6.13. The van der Waals surface area contributed by atoms with Crippen LogP contribution >= 0.6 is 0 Å². The zero-order chi connectivity index (χ0) is 19.2. The van der Waals surface area contributed by atoms with Crippen LogP contribution in [0.4, 0.5) is 11.4 Å². The summed E-state index contributed by atoms with van der Waals surface area (Å²) in [4.78, 5) is 36.9. The molecule has 9 nitrogen and oxygen atoms in total. The molecule has 0 unspecified atom stereocenters. The summed E-state index contributed by atoms with van der Waals surface area (Å²) in [6.45, 7) is 1.12. The lowest BCUT2D eigenvalue weighted by atomic mass is 10.2. The van der Waals surface area contributed by atoms with Gasteiger partial charge in [-0.25, -0.2) is 0 Å². The van der Waals surface area contributed by atoms with E-state index in [9.17, 15) is 19.7 Å². The van der Waals surface area contributed by atoms with Crippen LogP contribution in [0.15, 0.2) is 47.1 Å². The van der Waals surface area contributed by atoms with Gasteiger partial charge in [0.25, 0.3) is 11.6 Å². The lowest BCUT2D eigenvalue weighted by Crippen LogP contribution is -2.46. The number of nitro benzene ring substituents is 1. The van der Waals surface area contributed by atoms with Gasteiger partial charge in [0.1, 0.15) is 11.7 Å². The highest BCUT2D eigenvalue weighted by molar-refractivity contribution is 5.96. The first kappa shape index (κ1) is 18.4. The first-order valence-corrected chi connectivity index (χ1v) is 8.67. The molecule has 2 heterocycles. The summed E-state index contributed by atoms with van der Waals surface area (Å²) < 4.78 is 5.13. The average Bonchev–Trinajstić information content (AvgIpc) is 3.36. The van der Waals surface area contributed by atoms with Gasteiger partial charge in [-0.05, 0) is 31.0 Å². The van der Waals surface area contributed by atoms with Gasteiger partial charge in [0, 0.05) is 25.7 Å². The molecule has 0 radical (unpaired) electrons. The largest absolute Gasteiger partial charge is 0.459 e. The molecule has 1 atom stereocenters. The molecular formula is C18H20N4O5. The number of para-hydroxylation sites is 2. The maximum atomic E-state index is 12.4. The van der Waals surface area contributed by atoms with Crippen LogP contribution in [0.3, 0.4) is 0 Å². The molecule has 1 aromatic carbocycles. The molecule has 1 aromatic heterocycles. The Morgan fingerprint density at radius 3 is 2.78 bits per heavy atom. The molecular weight excluding hydrogens is 352 g/mol. The monoisotopic (exact) mass is 372 g/mol. The van der Waals surface area contributed by atoms with E-state index >= 15 is 0 Å². The van der Waals surface area contributed by atoms with Crippen molar-refractivity contribution in [1.29, 1.82) is 0 Å². The first-order valence-electron chi connectivity index (χ1n) is 8.67. The smallest absolute Gasteiger partial charge is 0.292 e. The van der Waals surface area contributed by atoms with Gasteiger partial charge in [0.2, 0.25) is 5.91 Å². The lowest BCUT2D eigenvalue weighted by Gasteiger charge is -2.23. The minimum absolute atomic E-state index is 0.0187. The summed E-state index contributed by atoms with van der Waals surface area (Å²) in [6.07, 6.45) is 2.77. The number of hydrogen-bond donors (Lipinski definition) is 2. The Kier molecular flexibility index (Phi) is 5.70. The summed E-state index contributed by atoms with van der Waals surface area (Å²) in [5, 5.41) is 16.7. The third kappa shape index (κ3) is 4.25. The maximum absolute atomic E-state index is 12.4. The highest BCUT2D eigenvalue weighted by Gasteiger charge is 2.35. The second kappa shape index (κ2) is 8.35. The third-order valence-corrected chi connectivity index (χ3v) is 4.39. The topological polar surface area (TPSA) is 118 Å². The molecule has 1 aliphatic rings. The molecule has 1 aliphatic heterocycles. The van der Waals surface area contributed by atoms with Crippen molar-refractivity contribution in [2.45, 2.75) is 18.9 Å². The quantitative estimate of drug-likeness (QED) is 0.436. The number of rotatable bonds is 7. The van der Waals surface area contributed by atoms with Crippen LogP contribution in [0.25, 0.3) is 0 Å². The lowest BCUT2D eigenvalue weighted by molar-refractivity contribution is -0.384. The molecule has 0 saturated carbocycles. The van der Waals surface area contributed by atoms with E-state index in [2.05, 4.69) is 10.6 Å². The summed E-state index contributed by atoms with van der Waals surface area (Å²) in [5.41, 5.74) is 0.377. The molecule has 2 amide bonds. The predicted octanol–water partition coefficient (Wildman–Crippen LogP) is 2.02. The zero-order valence-electron chi connectivity index (χ0n) is 14.6. The van der Waals surface area contributed by atoms with E-state index in [4.69, 9.17) is 4.42 Å². The van der Waals surface area contributed by atoms with E-state index in [0.717, 1.165) is 6.42 Å². The van der Waals surface area contributed by atoms with Crippen molar-refractivity contribution in [2.24, 2.45) is 0 Å².